The van der Waals surface area contributed by atoms with E-state index >= 15 is 0 Å². The summed E-state index contributed by atoms with van der Waals surface area (Å²) in [4.78, 5) is 0.694. The second-order valence-corrected chi connectivity index (χ2v) is 5.30. The molecule has 0 aromatic heterocycles. The van der Waals surface area contributed by atoms with Crippen molar-refractivity contribution >= 4 is 15.9 Å². The summed E-state index contributed by atoms with van der Waals surface area (Å²) in [7, 11) is 0. The van der Waals surface area contributed by atoms with E-state index in [0.29, 0.717) is 10.7 Å². The van der Waals surface area contributed by atoms with Crippen LogP contribution in [0.2, 0.25) is 0 Å². The average Bonchev–Trinajstić information content (AvgIpc) is 2.21. The van der Waals surface area contributed by atoms with E-state index in [1.54, 1.807) is 12.1 Å². The van der Waals surface area contributed by atoms with Crippen LogP contribution in [-0.2, 0) is 0 Å². The lowest BCUT2D eigenvalue weighted by Gasteiger charge is -2.25. The van der Waals surface area contributed by atoms with Crippen molar-refractivity contribution in [3.63, 3.8) is 0 Å². The molecule has 1 aromatic carbocycles. The average molecular weight is 257 g/mol. The van der Waals surface area contributed by atoms with E-state index in [9.17, 15) is 4.39 Å². The minimum atomic E-state index is -0.136. The molecule has 0 spiro atoms. The van der Waals surface area contributed by atoms with Crippen LogP contribution in [-0.4, -0.2) is 4.83 Å². The first-order chi connectivity index (χ1) is 6.75. The molecule has 0 radical (unpaired) electrons. The molecule has 1 aliphatic rings. The van der Waals surface area contributed by atoms with E-state index in [4.69, 9.17) is 0 Å². The van der Waals surface area contributed by atoms with Crippen LogP contribution in [0.1, 0.15) is 37.2 Å². The van der Waals surface area contributed by atoms with Gasteiger partial charge < -0.3 is 0 Å². The summed E-state index contributed by atoms with van der Waals surface area (Å²) < 4.78 is 12.7. The molecular weight excluding hydrogens is 243 g/mol. The van der Waals surface area contributed by atoms with Crippen molar-refractivity contribution in [1.29, 1.82) is 0 Å². The second-order valence-electron chi connectivity index (χ2n) is 4.00. The van der Waals surface area contributed by atoms with Crippen LogP contribution >= 0.6 is 15.9 Å². The van der Waals surface area contributed by atoms with E-state index in [2.05, 4.69) is 15.9 Å². The lowest BCUT2D eigenvalue weighted by Crippen LogP contribution is -2.12. The third-order valence-electron chi connectivity index (χ3n) is 3.00. The number of halogens is 2. The van der Waals surface area contributed by atoms with Crippen LogP contribution in [0.25, 0.3) is 0 Å². The van der Waals surface area contributed by atoms with Gasteiger partial charge in [-0.2, -0.15) is 0 Å². The van der Waals surface area contributed by atoms with Crippen LogP contribution < -0.4 is 0 Å². The topological polar surface area (TPSA) is 0 Å². The molecule has 0 bridgehead atoms. The Bertz CT molecular complexity index is 286. The summed E-state index contributed by atoms with van der Waals surface area (Å²) in [6.45, 7) is 0. The molecule has 1 fully saturated rings. The standard InChI is InChI=1S/C12H14BrF/c13-11-5-1-9(2-6-11)10-3-7-12(14)8-4-10/h3-4,7-9,11H,1-2,5-6H2. The lowest BCUT2D eigenvalue weighted by molar-refractivity contribution is 0.456. The van der Waals surface area contributed by atoms with Crippen LogP contribution in [0.4, 0.5) is 4.39 Å². The van der Waals surface area contributed by atoms with Gasteiger partial charge in [0, 0.05) is 4.83 Å². The minimum absolute atomic E-state index is 0.136. The maximum Gasteiger partial charge on any atom is 0.123 e. The maximum atomic E-state index is 12.7. The fourth-order valence-electron chi connectivity index (χ4n) is 2.12. The van der Waals surface area contributed by atoms with Gasteiger partial charge in [-0.25, -0.2) is 4.39 Å². The highest BCUT2D eigenvalue weighted by Crippen LogP contribution is 2.35. The fraction of sp³-hybridized carbons (Fsp3) is 0.500. The zero-order valence-corrected chi connectivity index (χ0v) is 9.63. The van der Waals surface area contributed by atoms with Crippen LogP contribution in [0.15, 0.2) is 24.3 Å². The third-order valence-corrected chi connectivity index (χ3v) is 3.91. The van der Waals surface area contributed by atoms with Gasteiger partial charge in [0.15, 0.2) is 0 Å². The van der Waals surface area contributed by atoms with Crippen molar-refractivity contribution < 1.29 is 4.39 Å². The van der Waals surface area contributed by atoms with E-state index in [1.165, 1.54) is 31.2 Å². The van der Waals surface area contributed by atoms with Gasteiger partial charge in [0.2, 0.25) is 0 Å². The van der Waals surface area contributed by atoms with Crippen molar-refractivity contribution in [2.75, 3.05) is 0 Å². The Hall–Kier alpha value is -0.370. The van der Waals surface area contributed by atoms with Gasteiger partial charge in [0.25, 0.3) is 0 Å². The predicted octanol–water partition coefficient (Wildman–Crippen LogP) is 4.25. The van der Waals surface area contributed by atoms with Crippen molar-refractivity contribution in [2.45, 2.75) is 36.4 Å². The zero-order chi connectivity index (χ0) is 9.97. The molecule has 76 valence electrons. The predicted molar refractivity (Wildman–Crippen MR) is 60.3 cm³/mol. The highest BCUT2D eigenvalue weighted by atomic mass is 79.9. The molecule has 1 aromatic rings. The Kier molecular flexibility index (Phi) is 3.22. The molecule has 0 aliphatic heterocycles. The molecule has 0 unspecified atom stereocenters. The van der Waals surface area contributed by atoms with Gasteiger partial charge in [0.1, 0.15) is 5.82 Å². The van der Waals surface area contributed by atoms with E-state index in [-0.39, 0.29) is 5.82 Å². The molecule has 0 N–H and O–H groups in total. The number of hydrogen-bond donors (Lipinski definition) is 0. The number of benzene rings is 1. The Morgan fingerprint density at radius 1 is 1.00 bits per heavy atom. The van der Waals surface area contributed by atoms with Crippen LogP contribution in [0.5, 0.6) is 0 Å². The first-order valence-electron chi connectivity index (χ1n) is 5.15. The second kappa shape index (κ2) is 4.43. The summed E-state index contributed by atoms with van der Waals surface area (Å²) >= 11 is 3.64. The van der Waals surface area contributed by atoms with Crippen molar-refractivity contribution in [3.8, 4) is 0 Å². The van der Waals surface area contributed by atoms with Crippen molar-refractivity contribution in [2.24, 2.45) is 0 Å². The summed E-state index contributed by atoms with van der Waals surface area (Å²) in [6.07, 6.45) is 4.92. The SMILES string of the molecule is Fc1ccc(C2CCC(Br)CC2)cc1. The monoisotopic (exact) mass is 256 g/mol. The van der Waals surface area contributed by atoms with E-state index < -0.39 is 0 Å². The van der Waals surface area contributed by atoms with Crippen molar-refractivity contribution in [3.05, 3.63) is 35.6 Å². The lowest BCUT2D eigenvalue weighted by atomic mass is 9.84. The molecule has 0 atom stereocenters. The minimum Gasteiger partial charge on any atom is -0.207 e. The normalized spacial score (nSPS) is 27.6. The van der Waals surface area contributed by atoms with Crippen LogP contribution in [0.3, 0.4) is 0 Å². The van der Waals surface area contributed by atoms with Crippen LogP contribution in [0, 0.1) is 5.82 Å². The summed E-state index contributed by atoms with van der Waals surface area (Å²) in [5.74, 6) is 0.507. The Morgan fingerprint density at radius 3 is 2.14 bits per heavy atom. The first-order valence-corrected chi connectivity index (χ1v) is 6.07. The molecule has 0 saturated heterocycles. The molecule has 14 heavy (non-hydrogen) atoms. The fourth-order valence-corrected chi connectivity index (χ4v) is 2.65. The maximum absolute atomic E-state index is 12.7. The van der Waals surface area contributed by atoms with Gasteiger partial charge in [-0.1, -0.05) is 28.1 Å². The van der Waals surface area contributed by atoms with Gasteiger partial charge in [-0.3, -0.25) is 0 Å². The first kappa shape index (κ1) is 10.2. The molecule has 1 saturated carbocycles. The summed E-state index contributed by atoms with van der Waals surface area (Å²) in [5.41, 5.74) is 1.30. The summed E-state index contributed by atoms with van der Waals surface area (Å²) in [6, 6.07) is 6.98. The number of rotatable bonds is 1. The highest BCUT2D eigenvalue weighted by Gasteiger charge is 2.20. The third kappa shape index (κ3) is 2.35. The van der Waals surface area contributed by atoms with Gasteiger partial charge in [-0.15, -0.1) is 0 Å². The van der Waals surface area contributed by atoms with E-state index in [1.807, 2.05) is 12.1 Å². The Labute approximate surface area is 92.6 Å². The van der Waals surface area contributed by atoms with Gasteiger partial charge >= 0.3 is 0 Å². The molecule has 1 aliphatic carbocycles. The van der Waals surface area contributed by atoms with E-state index in [0.717, 1.165) is 0 Å². The molecule has 2 rings (SSSR count). The Balaban J connectivity index is 2.05. The number of hydrogen-bond acceptors (Lipinski definition) is 0. The molecule has 0 nitrogen and oxygen atoms in total. The van der Waals surface area contributed by atoms with Crippen molar-refractivity contribution in [1.82, 2.24) is 0 Å². The molecule has 0 heterocycles. The smallest absolute Gasteiger partial charge is 0.123 e. The van der Waals surface area contributed by atoms with Gasteiger partial charge in [0.05, 0.1) is 0 Å². The quantitative estimate of drug-likeness (QED) is 0.660. The molecule has 2 heteroatoms. The molecule has 0 amide bonds. The Morgan fingerprint density at radius 2 is 1.57 bits per heavy atom. The highest BCUT2D eigenvalue weighted by molar-refractivity contribution is 9.09. The molecular formula is C12H14BrF. The number of alkyl halides is 1. The largest absolute Gasteiger partial charge is 0.207 e. The zero-order valence-electron chi connectivity index (χ0n) is 8.05. The van der Waals surface area contributed by atoms with Gasteiger partial charge in [-0.05, 0) is 49.3 Å². The summed E-state index contributed by atoms with van der Waals surface area (Å²) in [5, 5.41) is 0.